The van der Waals surface area contributed by atoms with E-state index in [1.165, 1.54) is 0 Å². The first kappa shape index (κ1) is 28.8. The molecule has 0 saturated heterocycles. The summed E-state index contributed by atoms with van der Waals surface area (Å²) in [5.74, 6) is -3.19. The number of carbonyl (C=O) groups is 4. The first-order chi connectivity index (χ1) is 17.1. The molecule has 4 atom stereocenters. The summed E-state index contributed by atoms with van der Waals surface area (Å²) in [6, 6.07) is 11.6. The van der Waals surface area contributed by atoms with Gasteiger partial charge in [0.1, 0.15) is 12.1 Å². The first-order valence-corrected chi connectivity index (χ1v) is 12.4. The van der Waals surface area contributed by atoms with Crippen LogP contribution in [0, 0.1) is 17.8 Å². The number of carbonyl (C=O) groups excluding carboxylic acids is 4. The quantitative estimate of drug-likeness (QED) is 0.212. The summed E-state index contributed by atoms with van der Waals surface area (Å²) >= 11 is 0. The summed E-state index contributed by atoms with van der Waals surface area (Å²) in [5, 5.41) is 16.4. The number of benzene rings is 2. The van der Waals surface area contributed by atoms with Crippen molar-refractivity contribution in [3.63, 3.8) is 0 Å². The van der Waals surface area contributed by atoms with Crippen LogP contribution >= 0.6 is 0 Å². The maximum absolute atomic E-state index is 13.4. The number of nitrogens with one attached hydrogen (secondary N) is 3. The number of hydrogen-bond donors (Lipinski definition) is 5. The van der Waals surface area contributed by atoms with Gasteiger partial charge in [0.2, 0.25) is 23.6 Å². The van der Waals surface area contributed by atoms with E-state index < -0.39 is 41.6 Å². The summed E-state index contributed by atoms with van der Waals surface area (Å²) in [6.07, 6.45) is 0.963. The SMILES string of the molecule is CCC(C)[C@H](NC(=O)[C@H](Cc1cccc2ccccc12)NC(=O)[C@@H](CC(=O)NO)CC(C)C)C(N)=O. The third-order valence-electron chi connectivity index (χ3n) is 6.44. The lowest BCUT2D eigenvalue weighted by molar-refractivity contribution is -0.137. The Balaban J connectivity index is 2.39. The van der Waals surface area contributed by atoms with Gasteiger partial charge in [-0.3, -0.25) is 24.4 Å². The van der Waals surface area contributed by atoms with E-state index in [2.05, 4.69) is 10.6 Å². The number of hydroxylamine groups is 1. The molecule has 0 heterocycles. The highest BCUT2D eigenvalue weighted by molar-refractivity contribution is 5.94. The van der Waals surface area contributed by atoms with Gasteiger partial charge in [0, 0.05) is 18.8 Å². The standard InChI is InChI=1S/C27H38N4O5/c1-5-17(4)24(25(28)33)30-27(35)22(14-19-11-8-10-18-9-6-7-12-21(18)19)29-26(34)20(13-16(2)3)15-23(32)31-36/h6-12,16-17,20,22,24,36H,5,13-15H2,1-4H3,(H2,28,33)(H,29,34)(H,30,35)(H,31,32)/t17?,20-,22+,24+/m1/s1. The number of fused-ring (bicyclic) bond motifs is 1. The van der Waals surface area contributed by atoms with E-state index in [1.54, 1.807) is 5.48 Å². The number of amides is 4. The highest BCUT2D eigenvalue weighted by Crippen LogP contribution is 2.21. The van der Waals surface area contributed by atoms with Gasteiger partial charge in [-0.05, 0) is 34.6 Å². The van der Waals surface area contributed by atoms with Crippen LogP contribution in [0.25, 0.3) is 10.8 Å². The Morgan fingerprint density at radius 3 is 2.22 bits per heavy atom. The summed E-state index contributed by atoms with van der Waals surface area (Å²) in [5.41, 5.74) is 7.97. The Morgan fingerprint density at radius 1 is 0.944 bits per heavy atom. The highest BCUT2D eigenvalue weighted by atomic mass is 16.5. The van der Waals surface area contributed by atoms with E-state index in [4.69, 9.17) is 10.9 Å². The Morgan fingerprint density at radius 2 is 1.61 bits per heavy atom. The average Bonchev–Trinajstić information content (AvgIpc) is 2.85. The Hall–Kier alpha value is -3.46. The van der Waals surface area contributed by atoms with Gasteiger partial charge in [-0.15, -0.1) is 0 Å². The van der Waals surface area contributed by atoms with Gasteiger partial charge < -0.3 is 16.4 Å². The molecule has 0 aliphatic carbocycles. The molecule has 196 valence electrons. The molecule has 0 aliphatic heterocycles. The molecule has 0 spiro atoms. The molecule has 36 heavy (non-hydrogen) atoms. The van der Waals surface area contributed by atoms with E-state index in [0.717, 1.165) is 16.3 Å². The van der Waals surface area contributed by atoms with Crippen molar-refractivity contribution in [3.05, 3.63) is 48.0 Å². The molecule has 0 aliphatic rings. The maximum atomic E-state index is 13.4. The van der Waals surface area contributed by atoms with Crippen molar-refractivity contribution in [2.45, 2.75) is 65.5 Å². The van der Waals surface area contributed by atoms with E-state index in [-0.39, 0.29) is 24.7 Å². The van der Waals surface area contributed by atoms with Crippen LogP contribution in [0.1, 0.15) is 52.5 Å². The third kappa shape index (κ3) is 8.05. The Bertz CT molecular complexity index is 1070. The summed E-state index contributed by atoms with van der Waals surface area (Å²) < 4.78 is 0. The van der Waals surface area contributed by atoms with E-state index >= 15 is 0 Å². The van der Waals surface area contributed by atoms with Gasteiger partial charge >= 0.3 is 0 Å². The molecule has 2 aromatic carbocycles. The van der Waals surface area contributed by atoms with Crippen LogP contribution in [-0.4, -0.2) is 40.9 Å². The molecule has 9 heteroatoms. The van der Waals surface area contributed by atoms with Crippen LogP contribution in [0.4, 0.5) is 0 Å². The van der Waals surface area contributed by atoms with Gasteiger partial charge in [-0.25, -0.2) is 5.48 Å². The zero-order valence-electron chi connectivity index (χ0n) is 21.4. The summed E-state index contributed by atoms with van der Waals surface area (Å²) in [6.45, 7) is 7.55. The topological polar surface area (TPSA) is 151 Å². The van der Waals surface area contributed by atoms with Gasteiger partial charge in [-0.1, -0.05) is 76.6 Å². The third-order valence-corrected chi connectivity index (χ3v) is 6.44. The Kier molecular flexibility index (Phi) is 10.9. The van der Waals surface area contributed by atoms with Crippen LogP contribution in [0.3, 0.4) is 0 Å². The van der Waals surface area contributed by atoms with E-state index in [9.17, 15) is 19.2 Å². The minimum Gasteiger partial charge on any atom is -0.368 e. The van der Waals surface area contributed by atoms with Crippen molar-refractivity contribution in [2.75, 3.05) is 0 Å². The first-order valence-electron chi connectivity index (χ1n) is 12.4. The monoisotopic (exact) mass is 498 g/mol. The number of rotatable bonds is 13. The lowest BCUT2D eigenvalue weighted by Gasteiger charge is -2.27. The van der Waals surface area contributed by atoms with E-state index in [1.807, 2.05) is 70.2 Å². The van der Waals surface area contributed by atoms with Gasteiger partial charge in [-0.2, -0.15) is 0 Å². The van der Waals surface area contributed by atoms with Crippen LogP contribution in [0.15, 0.2) is 42.5 Å². The molecule has 0 fully saturated rings. The van der Waals surface area contributed by atoms with Crippen molar-refractivity contribution in [1.29, 1.82) is 0 Å². The normalized spacial score (nSPS) is 14.5. The second kappa shape index (κ2) is 13.6. The number of nitrogens with two attached hydrogens (primary N) is 1. The zero-order chi connectivity index (χ0) is 26.8. The van der Waals surface area contributed by atoms with Crippen LogP contribution in [0.5, 0.6) is 0 Å². The maximum Gasteiger partial charge on any atom is 0.244 e. The van der Waals surface area contributed by atoms with Gasteiger partial charge in [0.15, 0.2) is 0 Å². The lowest BCUT2D eigenvalue weighted by atomic mass is 9.92. The van der Waals surface area contributed by atoms with Crippen molar-refractivity contribution in [3.8, 4) is 0 Å². The zero-order valence-corrected chi connectivity index (χ0v) is 21.4. The Labute approximate surface area is 212 Å². The van der Waals surface area contributed by atoms with Crippen LogP contribution < -0.4 is 21.8 Å². The summed E-state index contributed by atoms with van der Waals surface area (Å²) in [4.78, 5) is 50.6. The molecule has 6 N–H and O–H groups in total. The molecule has 0 radical (unpaired) electrons. The minimum absolute atomic E-state index is 0.0993. The fourth-order valence-corrected chi connectivity index (χ4v) is 4.29. The van der Waals surface area contributed by atoms with Crippen molar-refractivity contribution < 1.29 is 24.4 Å². The fraction of sp³-hybridized carbons (Fsp3) is 0.481. The minimum atomic E-state index is -1.01. The van der Waals surface area contributed by atoms with Gasteiger partial charge in [0.25, 0.3) is 0 Å². The predicted octanol–water partition coefficient (Wildman–Crippen LogP) is 2.44. The lowest BCUT2D eigenvalue weighted by Crippen LogP contribution is -2.56. The predicted molar refractivity (Wildman–Crippen MR) is 138 cm³/mol. The number of primary amides is 1. The molecule has 2 aromatic rings. The largest absolute Gasteiger partial charge is 0.368 e. The fourth-order valence-electron chi connectivity index (χ4n) is 4.29. The van der Waals surface area contributed by atoms with Crippen LogP contribution in [-0.2, 0) is 25.6 Å². The average molecular weight is 499 g/mol. The molecule has 4 amide bonds. The highest BCUT2D eigenvalue weighted by Gasteiger charge is 2.31. The molecule has 0 aromatic heterocycles. The van der Waals surface area contributed by atoms with Gasteiger partial charge in [0.05, 0.1) is 0 Å². The van der Waals surface area contributed by atoms with E-state index in [0.29, 0.717) is 12.8 Å². The molecule has 2 rings (SSSR count). The molecule has 0 saturated carbocycles. The second-order valence-corrected chi connectivity index (χ2v) is 9.74. The second-order valence-electron chi connectivity index (χ2n) is 9.74. The molecule has 0 bridgehead atoms. The smallest absolute Gasteiger partial charge is 0.244 e. The molecular weight excluding hydrogens is 460 g/mol. The summed E-state index contributed by atoms with van der Waals surface area (Å²) in [7, 11) is 0. The van der Waals surface area contributed by atoms with Crippen molar-refractivity contribution in [1.82, 2.24) is 16.1 Å². The molecule has 1 unspecified atom stereocenters. The molecular formula is C27H38N4O5. The van der Waals surface area contributed by atoms with Crippen molar-refractivity contribution in [2.24, 2.45) is 23.5 Å². The van der Waals surface area contributed by atoms with Crippen LogP contribution in [0.2, 0.25) is 0 Å². The van der Waals surface area contributed by atoms with Crippen molar-refractivity contribution >= 4 is 34.4 Å². The molecule has 9 nitrogen and oxygen atoms in total. The number of hydrogen-bond acceptors (Lipinski definition) is 5.